The molecule has 0 amide bonds. The van der Waals surface area contributed by atoms with Crippen LogP contribution < -0.4 is 11.5 Å². The summed E-state index contributed by atoms with van der Waals surface area (Å²) in [6.07, 6.45) is 3.26. The van der Waals surface area contributed by atoms with E-state index in [0.29, 0.717) is 0 Å². The van der Waals surface area contributed by atoms with Gasteiger partial charge in [0.25, 0.3) is 0 Å². The predicted octanol–water partition coefficient (Wildman–Crippen LogP) is 5.12. The molecule has 0 saturated carbocycles. The van der Waals surface area contributed by atoms with Crippen LogP contribution in [-0.2, 0) is 0 Å². The van der Waals surface area contributed by atoms with Crippen LogP contribution in [-0.4, -0.2) is 19.1 Å². The SMILES string of the molecule is Cc1cccc(C)c1N.Cc1cccc(C)c1N=C=NCCCCCN. The molecule has 0 atom stereocenters. The van der Waals surface area contributed by atoms with Gasteiger partial charge in [-0.1, -0.05) is 42.8 Å². The Labute approximate surface area is 158 Å². The molecule has 0 heterocycles. The van der Waals surface area contributed by atoms with Crippen molar-refractivity contribution in [3.63, 3.8) is 0 Å². The quantitative estimate of drug-likeness (QED) is 0.430. The molecular formula is C22H32N4. The summed E-state index contributed by atoms with van der Waals surface area (Å²) >= 11 is 0. The average Bonchev–Trinajstić information content (AvgIpc) is 2.61. The van der Waals surface area contributed by atoms with Gasteiger partial charge in [-0.2, -0.15) is 4.99 Å². The Kier molecular flexibility index (Phi) is 9.99. The fourth-order valence-corrected chi connectivity index (χ4v) is 2.46. The van der Waals surface area contributed by atoms with E-state index < -0.39 is 0 Å². The van der Waals surface area contributed by atoms with Crippen molar-refractivity contribution in [2.75, 3.05) is 18.8 Å². The zero-order valence-electron chi connectivity index (χ0n) is 16.5. The number of unbranched alkanes of at least 4 members (excludes halogenated alkanes) is 2. The molecule has 0 saturated heterocycles. The third-order valence-corrected chi connectivity index (χ3v) is 4.19. The summed E-state index contributed by atoms with van der Waals surface area (Å²) in [6, 6.07) is 15.0. The van der Waals surface area contributed by atoms with Gasteiger partial charge in [-0.25, -0.2) is 4.99 Å². The highest BCUT2D eigenvalue weighted by atomic mass is 14.8. The van der Waals surface area contributed by atoms with Gasteiger partial charge in [0.15, 0.2) is 0 Å². The van der Waals surface area contributed by atoms with Crippen LogP contribution in [0.5, 0.6) is 0 Å². The molecule has 0 fully saturated rings. The van der Waals surface area contributed by atoms with Gasteiger partial charge < -0.3 is 11.5 Å². The van der Waals surface area contributed by atoms with E-state index in [1.165, 1.54) is 0 Å². The Morgan fingerprint density at radius 1 is 0.808 bits per heavy atom. The third-order valence-electron chi connectivity index (χ3n) is 4.19. The monoisotopic (exact) mass is 352 g/mol. The largest absolute Gasteiger partial charge is 0.398 e. The van der Waals surface area contributed by atoms with Crippen molar-refractivity contribution in [3.05, 3.63) is 58.7 Å². The van der Waals surface area contributed by atoms with Gasteiger partial charge in [0, 0.05) is 12.2 Å². The predicted molar refractivity (Wildman–Crippen MR) is 114 cm³/mol. The minimum Gasteiger partial charge on any atom is -0.398 e. The Morgan fingerprint density at radius 2 is 1.35 bits per heavy atom. The Balaban J connectivity index is 0.000000314. The van der Waals surface area contributed by atoms with Crippen molar-refractivity contribution in [2.45, 2.75) is 47.0 Å². The number of rotatable bonds is 6. The molecule has 0 aliphatic heterocycles. The number of para-hydroxylation sites is 2. The molecule has 2 aromatic rings. The van der Waals surface area contributed by atoms with Crippen LogP contribution >= 0.6 is 0 Å². The Bertz CT molecular complexity index is 703. The summed E-state index contributed by atoms with van der Waals surface area (Å²) < 4.78 is 0. The highest BCUT2D eigenvalue weighted by Gasteiger charge is 1.97. The van der Waals surface area contributed by atoms with E-state index in [0.717, 1.165) is 66.0 Å². The van der Waals surface area contributed by atoms with Crippen LogP contribution in [0.25, 0.3) is 0 Å². The van der Waals surface area contributed by atoms with E-state index in [2.05, 4.69) is 42.0 Å². The first-order chi connectivity index (χ1) is 12.5. The van der Waals surface area contributed by atoms with Crippen molar-refractivity contribution in [2.24, 2.45) is 15.7 Å². The molecule has 4 nitrogen and oxygen atoms in total. The second kappa shape index (κ2) is 12.0. The van der Waals surface area contributed by atoms with Crippen molar-refractivity contribution >= 4 is 17.4 Å². The lowest BCUT2D eigenvalue weighted by molar-refractivity contribution is 0.696. The van der Waals surface area contributed by atoms with Gasteiger partial charge in [-0.05, 0) is 69.3 Å². The van der Waals surface area contributed by atoms with Gasteiger partial charge in [0.1, 0.15) is 0 Å². The molecule has 0 aliphatic carbocycles. The highest BCUT2D eigenvalue weighted by molar-refractivity contribution is 5.59. The van der Waals surface area contributed by atoms with Crippen LogP contribution in [0.4, 0.5) is 11.4 Å². The van der Waals surface area contributed by atoms with E-state index >= 15 is 0 Å². The smallest absolute Gasteiger partial charge is 0.0949 e. The maximum absolute atomic E-state index is 5.68. The maximum atomic E-state index is 5.68. The van der Waals surface area contributed by atoms with Crippen molar-refractivity contribution in [3.8, 4) is 0 Å². The van der Waals surface area contributed by atoms with Crippen molar-refractivity contribution < 1.29 is 0 Å². The summed E-state index contributed by atoms with van der Waals surface area (Å²) in [5.41, 5.74) is 17.6. The van der Waals surface area contributed by atoms with E-state index in [4.69, 9.17) is 11.5 Å². The second-order valence-corrected chi connectivity index (χ2v) is 6.49. The molecule has 0 bridgehead atoms. The zero-order valence-corrected chi connectivity index (χ0v) is 16.5. The third kappa shape index (κ3) is 7.64. The summed E-state index contributed by atoms with van der Waals surface area (Å²) in [5, 5.41) is 0. The van der Waals surface area contributed by atoms with E-state index in [1.807, 2.05) is 38.1 Å². The highest BCUT2D eigenvalue weighted by Crippen LogP contribution is 2.21. The van der Waals surface area contributed by atoms with Gasteiger partial charge in [-0.3, -0.25) is 0 Å². The first-order valence-electron chi connectivity index (χ1n) is 9.17. The molecule has 4 heteroatoms. The molecule has 0 radical (unpaired) electrons. The normalized spacial score (nSPS) is 9.73. The number of anilines is 1. The standard InChI is InChI=1S/C14H21N3.C8H11N/c1-12-7-6-8-13(2)14(12)17-11-16-10-5-3-4-9-15;1-6-4-3-5-7(2)8(6)9/h6-8H,3-5,9-10,15H2,1-2H3;3-5H,9H2,1-2H3. The van der Waals surface area contributed by atoms with E-state index in [1.54, 1.807) is 0 Å². The van der Waals surface area contributed by atoms with Crippen LogP contribution in [0.3, 0.4) is 0 Å². The molecule has 0 aliphatic rings. The minimum absolute atomic E-state index is 0.764. The number of aryl methyl sites for hydroxylation is 4. The Hall–Kier alpha value is -2.42. The molecule has 26 heavy (non-hydrogen) atoms. The fraction of sp³-hybridized carbons (Fsp3) is 0.409. The molecule has 2 aromatic carbocycles. The molecule has 0 aromatic heterocycles. The number of aliphatic imine (C=N–C) groups is 2. The average molecular weight is 353 g/mol. The van der Waals surface area contributed by atoms with E-state index in [-0.39, 0.29) is 0 Å². The zero-order chi connectivity index (χ0) is 19.4. The number of nitrogens with zero attached hydrogens (tertiary/aromatic N) is 2. The molecule has 0 unspecified atom stereocenters. The lowest BCUT2D eigenvalue weighted by atomic mass is 10.1. The second-order valence-electron chi connectivity index (χ2n) is 6.49. The van der Waals surface area contributed by atoms with Gasteiger partial charge in [0.2, 0.25) is 0 Å². The van der Waals surface area contributed by atoms with Crippen LogP contribution in [0.1, 0.15) is 41.5 Å². The van der Waals surface area contributed by atoms with Gasteiger partial charge in [0.05, 0.1) is 11.7 Å². The summed E-state index contributed by atoms with van der Waals surface area (Å²) in [7, 11) is 0. The summed E-state index contributed by atoms with van der Waals surface area (Å²) in [4.78, 5) is 8.44. The van der Waals surface area contributed by atoms with Gasteiger partial charge >= 0.3 is 0 Å². The minimum atomic E-state index is 0.764. The lowest BCUT2D eigenvalue weighted by Gasteiger charge is -2.00. The van der Waals surface area contributed by atoms with Crippen LogP contribution in [0, 0.1) is 27.7 Å². The van der Waals surface area contributed by atoms with Crippen LogP contribution in [0.15, 0.2) is 46.4 Å². The fourth-order valence-electron chi connectivity index (χ4n) is 2.46. The maximum Gasteiger partial charge on any atom is 0.0949 e. The number of nitrogens with two attached hydrogens (primary N) is 2. The number of hydrogen-bond donors (Lipinski definition) is 2. The topological polar surface area (TPSA) is 76.8 Å². The molecular weight excluding hydrogens is 320 g/mol. The first-order valence-corrected chi connectivity index (χ1v) is 9.17. The van der Waals surface area contributed by atoms with E-state index in [9.17, 15) is 0 Å². The van der Waals surface area contributed by atoms with Crippen LogP contribution in [0.2, 0.25) is 0 Å². The number of benzene rings is 2. The Morgan fingerprint density at radius 3 is 1.85 bits per heavy atom. The molecule has 2 rings (SSSR count). The molecule has 4 N–H and O–H groups in total. The van der Waals surface area contributed by atoms with Crippen molar-refractivity contribution in [1.29, 1.82) is 0 Å². The van der Waals surface area contributed by atoms with Crippen molar-refractivity contribution in [1.82, 2.24) is 0 Å². The first kappa shape index (κ1) is 21.6. The summed E-state index contributed by atoms with van der Waals surface area (Å²) in [5.74, 6) is 0. The molecule has 140 valence electrons. The van der Waals surface area contributed by atoms with Gasteiger partial charge in [-0.15, -0.1) is 0 Å². The number of hydrogen-bond acceptors (Lipinski definition) is 4. The summed E-state index contributed by atoms with van der Waals surface area (Å²) in [6.45, 7) is 9.68. The lowest BCUT2D eigenvalue weighted by Crippen LogP contribution is -1.97. The number of nitrogen functional groups attached to an aromatic ring is 1. The molecule has 0 spiro atoms.